The number of hydrogen-bond donors (Lipinski definition) is 1. The van der Waals surface area contributed by atoms with E-state index in [0.29, 0.717) is 12.4 Å². The van der Waals surface area contributed by atoms with E-state index in [1.54, 1.807) is 4.57 Å². The molecule has 1 aromatic heterocycles. The lowest BCUT2D eigenvalue weighted by atomic mass is 10.2. The van der Waals surface area contributed by atoms with Gasteiger partial charge in [-0.1, -0.05) is 12.1 Å². The monoisotopic (exact) mass is 328 g/mol. The first kappa shape index (κ1) is 16.5. The van der Waals surface area contributed by atoms with Gasteiger partial charge in [0.2, 0.25) is 5.91 Å². The summed E-state index contributed by atoms with van der Waals surface area (Å²) in [5, 5.41) is 2.87. The number of nitrogens with zero attached hydrogens (tertiary/aromatic N) is 3. The lowest BCUT2D eigenvalue weighted by molar-refractivity contribution is -0.121. The van der Waals surface area contributed by atoms with Crippen molar-refractivity contribution < 1.29 is 4.79 Å². The molecule has 1 saturated heterocycles. The van der Waals surface area contributed by atoms with Gasteiger partial charge in [0.1, 0.15) is 0 Å². The highest BCUT2D eigenvalue weighted by molar-refractivity contribution is 5.78. The Kier molecular flexibility index (Phi) is 4.83. The second kappa shape index (κ2) is 7.03. The zero-order valence-corrected chi connectivity index (χ0v) is 14.3. The molecule has 6 heteroatoms. The van der Waals surface area contributed by atoms with Gasteiger partial charge in [0.25, 0.3) is 5.56 Å². The third-order valence-electron chi connectivity index (χ3n) is 4.25. The molecule has 2 aromatic rings. The summed E-state index contributed by atoms with van der Waals surface area (Å²) >= 11 is 0. The van der Waals surface area contributed by atoms with E-state index in [2.05, 4.69) is 15.2 Å². The smallest absolute Gasteiger partial charge is 0.294 e. The molecule has 0 bridgehead atoms. The fourth-order valence-electron chi connectivity index (χ4n) is 3.14. The van der Waals surface area contributed by atoms with Crippen LogP contribution in [0.1, 0.15) is 33.1 Å². The van der Waals surface area contributed by atoms with Crippen LogP contribution in [0.25, 0.3) is 11.0 Å². The molecule has 1 aliphatic rings. The van der Waals surface area contributed by atoms with Crippen LogP contribution in [0.2, 0.25) is 0 Å². The molecule has 1 aliphatic heterocycles. The Labute approximate surface area is 141 Å². The second-order valence-electron chi connectivity index (χ2n) is 6.55. The summed E-state index contributed by atoms with van der Waals surface area (Å²) < 4.78 is 1.69. The van der Waals surface area contributed by atoms with Crippen LogP contribution < -0.4 is 15.8 Å². The Balaban J connectivity index is 1.96. The third kappa shape index (κ3) is 3.42. The molecular formula is C18H24N4O2. The van der Waals surface area contributed by atoms with Gasteiger partial charge in [-0.3, -0.25) is 9.59 Å². The molecule has 24 heavy (non-hydrogen) atoms. The highest BCUT2D eigenvalue weighted by atomic mass is 16.2. The molecule has 0 saturated carbocycles. The fourth-order valence-corrected chi connectivity index (χ4v) is 3.14. The fraction of sp³-hybridized carbons (Fsp3) is 0.500. The first-order valence-electron chi connectivity index (χ1n) is 8.60. The predicted molar refractivity (Wildman–Crippen MR) is 95.3 cm³/mol. The number of aryl methyl sites for hydroxylation is 1. The van der Waals surface area contributed by atoms with E-state index in [9.17, 15) is 9.59 Å². The standard InChI is InChI=1S/C18H24N4O2/c1-13(2)19-16(23)9-12-22-15-8-4-3-7-14(15)20-17(18(22)24)21-10-5-6-11-21/h3-4,7-8,13H,5-6,9-12H2,1-2H3,(H,19,23). The maximum absolute atomic E-state index is 12.9. The minimum Gasteiger partial charge on any atom is -0.354 e. The number of rotatable bonds is 5. The minimum atomic E-state index is -0.104. The molecule has 0 spiro atoms. The summed E-state index contributed by atoms with van der Waals surface area (Å²) in [6.45, 7) is 5.96. The van der Waals surface area contributed by atoms with Gasteiger partial charge in [-0.15, -0.1) is 0 Å². The summed E-state index contributed by atoms with van der Waals surface area (Å²) in [4.78, 5) is 31.5. The van der Waals surface area contributed by atoms with E-state index in [1.165, 1.54) is 0 Å². The number of amides is 1. The van der Waals surface area contributed by atoms with E-state index in [1.807, 2.05) is 38.1 Å². The third-order valence-corrected chi connectivity index (χ3v) is 4.25. The van der Waals surface area contributed by atoms with Crippen molar-refractivity contribution in [2.45, 2.75) is 45.7 Å². The van der Waals surface area contributed by atoms with Crippen molar-refractivity contribution in [3.05, 3.63) is 34.6 Å². The van der Waals surface area contributed by atoms with E-state index < -0.39 is 0 Å². The Hall–Kier alpha value is -2.37. The average Bonchev–Trinajstić information content (AvgIpc) is 3.07. The van der Waals surface area contributed by atoms with Gasteiger partial charge in [-0.2, -0.15) is 0 Å². The Morgan fingerprint density at radius 1 is 1.25 bits per heavy atom. The topological polar surface area (TPSA) is 67.2 Å². The first-order valence-corrected chi connectivity index (χ1v) is 8.60. The van der Waals surface area contributed by atoms with E-state index in [0.717, 1.165) is 37.0 Å². The molecule has 1 N–H and O–H groups in total. The molecule has 2 heterocycles. The predicted octanol–water partition coefficient (Wildman–Crippen LogP) is 1.91. The molecule has 0 aliphatic carbocycles. The van der Waals surface area contributed by atoms with Gasteiger partial charge < -0.3 is 14.8 Å². The van der Waals surface area contributed by atoms with Crippen molar-refractivity contribution >= 4 is 22.8 Å². The number of carbonyl (C=O) groups is 1. The molecule has 0 atom stereocenters. The van der Waals surface area contributed by atoms with E-state index in [4.69, 9.17) is 0 Å². The van der Waals surface area contributed by atoms with Gasteiger partial charge >= 0.3 is 0 Å². The molecule has 1 fully saturated rings. The number of carbonyl (C=O) groups excluding carboxylic acids is 1. The SMILES string of the molecule is CC(C)NC(=O)CCn1c(=O)c(N2CCCC2)nc2ccccc21. The summed E-state index contributed by atoms with van der Waals surface area (Å²) in [6.07, 6.45) is 2.46. The van der Waals surface area contributed by atoms with Crippen molar-refractivity contribution in [2.24, 2.45) is 0 Å². The van der Waals surface area contributed by atoms with Crippen molar-refractivity contribution in [3.8, 4) is 0 Å². The van der Waals surface area contributed by atoms with Gasteiger partial charge in [0.15, 0.2) is 5.82 Å². The molecule has 0 unspecified atom stereocenters. The molecule has 1 amide bonds. The van der Waals surface area contributed by atoms with Crippen molar-refractivity contribution in [1.29, 1.82) is 0 Å². The van der Waals surface area contributed by atoms with Crippen LogP contribution in [0.5, 0.6) is 0 Å². The zero-order valence-electron chi connectivity index (χ0n) is 14.3. The van der Waals surface area contributed by atoms with Crippen molar-refractivity contribution in [1.82, 2.24) is 14.9 Å². The second-order valence-corrected chi connectivity index (χ2v) is 6.55. The molecule has 6 nitrogen and oxygen atoms in total. The lowest BCUT2D eigenvalue weighted by Gasteiger charge is -2.19. The summed E-state index contributed by atoms with van der Waals surface area (Å²) in [5.74, 6) is 0.469. The van der Waals surface area contributed by atoms with Gasteiger partial charge in [-0.05, 0) is 38.8 Å². The van der Waals surface area contributed by atoms with Gasteiger partial charge in [0.05, 0.1) is 11.0 Å². The summed E-state index contributed by atoms with van der Waals surface area (Å²) in [7, 11) is 0. The largest absolute Gasteiger partial charge is 0.354 e. The molecule has 128 valence electrons. The number of fused-ring (bicyclic) bond motifs is 1. The van der Waals surface area contributed by atoms with Crippen molar-refractivity contribution in [3.63, 3.8) is 0 Å². The maximum Gasteiger partial charge on any atom is 0.294 e. The maximum atomic E-state index is 12.9. The number of hydrogen-bond acceptors (Lipinski definition) is 4. The molecule has 3 rings (SSSR count). The number of benzene rings is 1. The Morgan fingerprint density at radius 2 is 1.96 bits per heavy atom. The van der Waals surface area contributed by atoms with Crippen LogP contribution in [0.3, 0.4) is 0 Å². The molecular weight excluding hydrogens is 304 g/mol. The molecule has 0 radical (unpaired) electrons. The van der Waals surface area contributed by atoms with Crippen LogP contribution in [0.15, 0.2) is 29.1 Å². The quantitative estimate of drug-likeness (QED) is 0.910. The number of aromatic nitrogens is 2. The van der Waals surface area contributed by atoms with E-state index >= 15 is 0 Å². The van der Waals surface area contributed by atoms with Crippen LogP contribution >= 0.6 is 0 Å². The first-order chi connectivity index (χ1) is 11.6. The number of anilines is 1. The van der Waals surface area contributed by atoms with Gasteiger partial charge in [0, 0.05) is 32.1 Å². The van der Waals surface area contributed by atoms with E-state index in [-0.39, 0.29) is 23.9 Å². The minimum absolute atomic E-state index is 0.0412. The summed E-state index contributed by atoms with van der Waals surface area (Å²) in [5.41, 5.74) is 1.47. The van der Waals surface area contributed by atoms with Crippen molar-refractivity contribution in [2.75, 3.05) is 18.0 Å². The summed E-state index contributed by atoms with van der Waals surface area (Å²) in [6, 6.07) is 7.72. The highest BCUT2D eigenvalue weighted by Crippen LogP contribution is 2.18. The molecule has 1 aromatic carbocycles. The Morgan fingerprint density at radius 3 is 2.67 bits per heavy atom. The average molecular weight is 328 g/mol. The van der Waals surface area contributed by atoms with Crippen LogP contribution in [0, 0.1) is 0 Å². The lowest BCUT2D eigenvalue weighted by Crippen LogP contribution is -2.34. The van der Waals surface area contributed by atoms with Gasteiger partial charge in [-0.25, -0.2) is 4.98 Å². The van der Waals surface area contributed by atoms with Crippen LogP contribution in [-0.4, -0.2) is 34.6 Å². The zero-order chi connectivity index (χ0) is 17.1. The Bertz CT molecular complexity index is 791. The highest BCUT2D eigenvalue weighted by Gasteiger charge is 2.20. The normalized spacial score (nSPS) is 14.5. The van der Waals surface area contributed by atoms with Crippen LogP contribution in [-0.2, 0) is 11.3 Å². The van der Waals surface area contributed by atoms with Crippen LogP contribution in [0.4, 0.5) is 5.82 Å². The number of nitrogens with one attached hydrogen (secondary N) is 1. The number of para-hydroxylation sites is 2.